The van der Waals surface area contributed by atoms with Crippen LogP contribution in [0.15, 0.2) is 135 Å². The number of ether oxygens (including phenoxy) is 5. The first-order valence-corrected chi connectivity index (χ1v) is 28.6. The molecule has 0 N–H and O–H groups in total. The van der Waals surface area contributed by atoms with Crippen molar-refractivity contribution >= 4 is 76.3 Å². The van der Waals surface area contributed by atoms with Crippen molar-refractivity contribution in [2.45, 2.75) is 32.1 Å². The Morgan fingerprint density at radius 2 is 0.689 bits per heavy atom. The van der Waals surface area contributed by atoms with Gasteiger partial charge < -0.3 is 23.7 Å². The number of cyclic esters (lactones) is 5. The van der Waals surface area contributed by atoms with Gasteiger partial charge in [-0.15, -0.1) is 0 Å². The van der Waals surface area contributed by atoms with Crippen molar-refractivity contribution in [1.82, 2.24) is 47.8 Å². The summed E-state index contributed by atoms with van der Waals surface area (Å²) in [5, 5.41) is 19.5. The quantitative estimate of drug-likeness (QED) is 0.114. The predicted molar refractivity (Wildman–Crippen MR) is 317 cm³/mol. The molecule has 0 radical (unpaired) electrons. The number of halogens is 6. The van der Waals surface area contributed by atoms with Crippen LogP contribution in [0.1, 0.15) is 92.0 Å². The van der Waals surface area contributed by atoms with Gasteiger partial charge in [0.25, 0.3) is 0 Å². The summed E-state index contributed by atoms with van der Waals surface area (Å²) < 4.78 is 59.1. The zero-order valence-corrected chi connectivity index (χ0v) is 49.5. The van der Waals surface area contributed by atoms with Crippen LogP contribution in [0, 0.1) is 34.3 Å². The highest BCUT2D eigenvalue weighted by molar-refractivity contribution is 6.42. The van der Waals surface area contributed by atoms with Crippen LogP contribution in [-0.2, 0) is 55.8 Å². The molecule has 0 bridgehead atoms. The van der Waals surface area contributed by atoms with Gasteiger partial charge in [-0.05, 0) is 97.1 Å². The molecule has 5 aromatic carbocycles. The molecule has 5 aliphatic heterocycles. The van der Waals surface area contributed by atoms with E-state index in [1.54, 1.807) is 116 Å². The second kappa shape index (κ2) is 26.9. The minimum atomic E-state index is -0.973. The summed E-state index contributed by atoms with van der Waals surface area (Å²) in [6.45, 7) is 1.82. The molecule has 10 aromatic rings. The van der Waals surface area contributed by atoms with Crippen molar-refractivity contribution in [3.8, 4) is 40.6 Å². The van der Waals surface area contributed by atoms with Gasteiger partial charge in [0.15, 0.2) is 40.1 Å². The summed E-state index contributed by atoms with van der Waals surface area (Å²) in [7, 11) is 0. The van der Waals surface area contributed by atoms with Crippen LogP contribution in [0.4, 0.5) is 8.78 Å². The minimum Gasteiger partial charge on any atom is -0.461 e. The lowest BCUT2D eigenvalue weighted by molar-refractivity contribution is 0.0459. The predicted octanol–water partition coefficient (Wildman–Crippen LogP) is 10.6. The number of hydrogen-bond acceptors (Lipinski definition) is 17. The average Bonchev–Trinajstić information content (AvgIpc) is 3.07. The van der Waals surface area contributed by atoms with Crippen LogP contribution >= 0.6 is 46.4 Å². The monoisotopic (exact) mass is 1290 g/mol. The van der Waals surface area contributed by atoms with Gasteiger partial charge in [0.05, 0.1) is 99.5 Å². The van der Waals surface area contributed by atoms with Gasteiger partial charge >= 0.3 is 29.8 Å². The molecule has 0 fully saturated rings. The third kappa shape index (κ3) is 12.9. The van der Waals surface area contributed by atoms with Crippen molar-refractivity contribution < 1.29 is 56.4 Å². The molecule has 0 amide bonds. The maximum Gasteiger partial charge on any atom is 0.357 e. The highest BCUT2D eigenvalue weighted by Crippen LogP contribution is 2.29. The SMILES string of the molecule is N#Cc1ccc(-n2cnc3c2C(=O)OCC3)cc1.N#Cc1ccc(-n2cnc3c2C(=O)OCC3)cc1Cl.O=C1OCCc2ncn(-c3ccc(Cl)c(Cl)c3)c21.O=C1OCCc2ncn(-c3ccc(Cl)cc3)c21.O=C1OCCc2ncn(-c3ccc(F)c(F)c3)c21. The van der Waals surface area contributed by atoms with Crippen LogP contribution in [0.2, 0.25) is 20.1 Å². The lowest BCUT2D eigenvalue weighted by Gasteiger charge is -2.14. The normalized spacial score (nSPS) is 14.0. The van der Waals surface area contributed by atoms with Crippen molar-refractivity contribution in [3.05, 3.63) is 235 Å². The number of fused-ring (bicyclic) bond motifs is 5. The minimum absolute atomic E-state index is 0.271. The number of aromatic nitrogens is 10. The van der Waals surface area contributed by atoms with Gasteiger partial charge in [-0.3, -0.25) is 22.8 Å². The van der Waals surface area contributed by atoms with E-state index in [-0.39, 0.29) is 29.6 Å². The molecule has 28 heteroatoms. The number of nitrogens with zero attached hydrogens (tertiary/aromatic N) is 12. The Hall–Kier alpha value is -10.5. The summed E-state index contributed by atoms with van der Waals surface area (Å²) in [4.78, 5) is 79.6. The van der Waals surface area contributed by atoms with Gasteiger partial charge in [0, 0.05) is 65.9 Å². The fourth-order valence-electron chi connectivity index (χ4n) is 9.76. The van der Waals surface area contributed by atoms with E-state index in [9.17, 15) is 32.8 Å². The fraction of sp³-hybridized carbons (Fsp3) is 0.161. The first-order chi connectivity index (χ1) is 43.6. The van der Waals surface area contributed by atoms with E-state index in [1.807, 2.05) is 18.2 Å². The molecule has 0 atom stereocenters. The van der Waals surface area contributed by atoms with Crippen molar-refractivity contribution in [2.75, 3.05) is 33.0 Å². The largest absolute Gasteiger partial charge is 0.461 e. The Morgan fingerprint density at radius 3 is 1.03 bits per heavy atom. The van der Waals surface area contributed by atoms with E-state index in [0.717, 1.165) is 52.0 Å². The molecule has 0 aliphatic carbocycles. The van der Waals surface area contributed by atoms with Crippen LogP contribution < -0.4 is 0 Å². The van der Waals surface area contributed by atoms with Crippen molar-refractivity contribution in [2.24, 2.45) is 0 Å². The molecule has 0 unspecified atom stereocenters. The zero-order chi connectivity index (χ0) is 63.2. The number of hydrogen-bond donors (Lipinski definition) is 0. The molecule has 10 heterocycles. The van der Waals surface area contributed by atoms with Gasteiger partial charge in [-0.2, -0.15) is 10.5 Å². The molecule has 22 nitrogen and oxygen atoms in total. The van der Waals surface area contributed by atoms with E-state index in [4.69, 9.17) is 80.6 Å². The van der Waals surface area contributed by atoms with Crippen LogP contribution in [0.3, 0.4) is 0 Å². The maximum absolute atomic E-state index is 13.2. The number of imidazole rings is 5. The number of nitriles is 2. The van der Waals surface area contributed by atoms with E-state index < -0.39 is 17.6 Å². The molecule has 0 saturated heterocycles. The first kappa shape index (κ1) is 61.2. The Bertz CT molecular complexity index is 4430. The molecule has 5 aliphatic rings. The molecule has 452 valence electrons. The van der Waals surface area contributed by atoms with E-state index >= 15 is 0 Å². The van der Waals surface area contributed by atoms with Gasteiger partial charge in [-0.25, -0.2) is 57.7 Å². The highest BCUT2D eigenvalue weighted by atomic mass is 35.5. The highest BCUT2D eigenvalue weighted by Gasteiger charge is 2.30. The average molecular weight is 1290 g/mol. The lowest BCUT2D eigenvalue weighted by atomic mass is 10.2. The number of benzene rings is 5. The number of rotatable bonds is 5. The zero-order valence-electron chi connectivity index (χ0n) is 46.5. The van der Waals surface area contributed by atoms with Crippen LogP contribution in [0.25, 0.3) is 28.4 Å². The van der Waals surface area contributed by atoms with Gasteiger partial charge in [-0.1, -0.05) is 46.4 Å². The second-order valence-electron chi connectivity index (χ2n) is 19.6. The van der Waals surface area contributed by atoms with Gasteiger partial charge in [0.2, 0.25) is 0 Å². The molecular formula is C62H42Cl4F2N12O10. The third-order valence-corrected chi connectivity index (χ3v) is 15.4. The Balaban J connectivity index is 0.000000116. The topological polar surface area (TPSA) is 268 Å². The van der Waals surface area contributed by atoms with Crippen molar-refractivity contribution in [3.63, 3.8) is 0 Å². The van der Waals surface area contributed by atoms with Crippen LogP contribution in [0.5, 0.6) is 0 Å². The smallest absolute Gasteiger partial charge is 0.357 e. The molecule has 5 aromatic heterocycles. The molecular weight excluding hydrogens is 1250 g/mol. The number of esters is 5. The molecule has 0 spiro atoms. The van der Waals surface area contributed by atoms with E-state index in [0.29, 0.717) is 136 Å². The summed E-state index contributed by atoms with van der Waals surface area (Å²) >= 11 is 23.7. The standard InChI is InChI=1S/C13H8ClN3O2.C13H9N3O2.C12H8Cl2N2O2.C12H9ClN2O2.C12H8F2N2O2/c14-10-5-9(2-1-8(10)6-15)17-7-16-11-3-4-19-13(18)12(11)17;14-7-9-1-3-10(4-2-9)16-8-15-11-5-6-18-13(17)12(11)16;13-8-2-1-7(5-9(8)14)16-6-15-10-3-4-18-12(17)11(10)16;13-8-1-3-9(4-2-8)15-7-14-10-5-6-17-12(16)11(10)15;13-8-2-1-7(5-9(8)14)16-6-15-10-3-4-18-12(17)11(10)16/h1-2,5,7H,3-4H2;1-4,8H,5-6H2;1-2,5-6H,3-4H2;1-4,7H,5-6H2;1-2,5-6H,3-4H2. The van der Waals surface area contributed by atoms with E-state index in [2.05, 4.69) is 31.0 Å². The molecule has 0 saturated carbocycles. The Kier molecular flexibility index (Phi) is 18.2. The number of carbonyl (C=O) groups excluding carboxylic acids is 5. The Morgan fingerprint density at radius 1 is 0.367 bits per heavy atom. The summed E-state index contributed by atoms with van der Waals surface area (Å²) in [6, 6.07) is 31.7. The summed E-state index contributed by atoms with van der Waals surface area (Å²) in [6.07, 6.45) is 10.9. The summed E-state index contributed by atoms with van der Waals surface area (Å²) in [5.41, 5.74) is 10.1. The van der Waals surface area contributed by atoms with Gasteiger partial charge in [0.1, 0.15) is 37.7 Å². The fourth-order valence-corrected chi connectivity index (χ4v) is 10.4. The summed E-state index contributed by atoms with van der Waals surface area (Å²) in [5.74, 6) is -3.83. The maximum atomic E-state index is 13.2. The lowest BCUT2D eigenvalue weighted by Crippen LogP contribution is -2.20. The first-order valence-electron chi connectivity index (χ1n) is 27.1. The Labute approximate surface area is 528 Å². The van der Waals surface area contributed by atoms with Crippen molar-refractivity contribution in [1.29, 1.82) is 10.5 Å². The molecule has 90 heavy (non-hydrogen) atoms. The third-order valence-electron chi connectivity index (χ3n) is 14.1. The van der Waals surface area contributed by atoms with E-state index in [1.165, 1.54) is 17.0 Å². The molecule has 15 rings (SSSR count). The number of carbonyl (C=O) groups is 5. The second-order valence-corrected chi connectivity index (χ2v) is 21.2. The van der Waals surface area contributed by atoms with Crippen LogP contribution in [-0.4, -0.2) is 111 Å².